The molecule has 0 amide bonds. The van der Waals surface area contributed by atoms with E-state index in [4.69, 9.17) is 9.26 Å². The van der Waals surface area contributed by atoms with E-state index in [-0.39, 0.29) is 12.6 Å². The smallest absolute Gasteiger partial charge is 0.303 e. The summed E-state index contributed by atoms with van der Waals surface area (Å²) in [7, 11) is 0. The summed E-state index contributed by atoms with van der Waals surface area (Å²) in [6.07, 6.45) is 1.01. The van der Waals surface area contributed by atoms with Crippen molar-refractivity contribution in [2.45, 2.75) is 39.7 Å². The number of rotatable bonds is 4. The second-order valence-electron chi connectivity index (χ2n) is 3.31. The summed E-state index contributed by atoms with van der Waals surface area (Å²) in [5.74, 6) is 0.659. The number of aromatic nitrogens is 1. The molecule has 14 heavy (non-hydrogen) atoms. The Bertz CT molecular complexity index is 306. The van der Waals surface area contributed by atoms with Crippen molar-refractivity contribution in [3.05, 3.63) is 17.5 Å². The lowest BCUT2D eigenvalue weighted by molar-refractivity contribution is -0.142. The fourth-order valence-electron chi connectivity index (χ4n) is 1.01. The minimum atomic E-state index is -0.313. The number of carbonyl (C=O) groups excluding carboxylic acids is 1. The van der Waals surface area contributed by atoms with Gasteiger partial charge in [0.15, 0.2) is 12.4 Å². The molecule has 0 bridgehead atoms. The van der Waals surface area contributed by atoms with Crippen molar-refractivity contribution in [2.75, 3.05) is 0 Å². The van der Waals surface area contributed by atoms with E-state index in [2.05, 4.69) is 19.0 Å². The second-order valence-corrected chi connectivity index (χ2v) is 3.31. The van der Waals surface area contributed by atoms with Gasteiger partial charge in [0, 0.05) is 18.9 Å². The standard InChI is InChI=1S/C10H15NO3/c1-4-7(2)10-5-9(14-11-10)6-13-8(3)12/h5,7H,4,6H2,1-3H3. The number of ether oxygens (including phenoxy) is 1. The van der Waals surface area contributed by atoms with Crippen LogP contribution in [-0.4, -0.2) is 11.1 Å². The summed E-state index contributed by atoms with van der Waals surface area (Å²) in [6.45, 7) is 5.70. The third kappa shape index (κ3) is 2.87. The van der Waals surface area contributed by atoms with Gasteiger partial charge >= 0.3 is 5.97 Å². The lowest BCUT2D eigenvalue weighted by Crippen LogP contribution is -1.97. The molecule has 0 aliphatic carbocycles. The van der Waals surface area contributed by atoms with Gasteiger partial charge in [-0.15, -0.1) is 0 Å². The van der Waals surface area contributed by atoms with E-state index < -0.39 is 0 Å². The Hall–Kier alpha value is -1.32. The van der Waals surface area contributed by atoms with Gasteiger partial charge in [-0.25, -0.2) is 0 Å². The van der Waals surface area contributed by atoms with Gasteiger partial charge in [0.1, 0.15) is 0 Å². The Kier molecular flexibility index (Phi) is 3.68. The molecule has 0 aliphatic heterocycles. The summed E-state index contributed by atoms with van der Waals surface area (Å²) in [6, 6.07) is 1.83. The number of carbonyl (C=O) groups is 1. The van der Waals surface area contributed by atoms with Crippen molar-refractivity contribution in [1.29, 1.82) is 0 Å². The van der Waals surface area contributed by atoms with Crippen molar-refractivity contribution in [3.8, 4) is 0 Å². The molecular weight excluding hydrogens is 182 g/mol. The SMILES string of the molecule is CCC(C)c1cc(COC(C)=O)on1. The molecule has 78 valence electrons. The fraction of sp³-hybridized carbons (Fsp3) is 0.600. The van der Waals surface area contributed by atoms with Crippen LogP contribution in [0.4, 0.5) is 0 Å². The van der Waals surface area contributed by atoms with E-state index in [9.17, 15) is 4.79 Å². The highest BCUT2D eigenvalue weighted by molar-refractivity contribution is 5.65. The van der Waals surface area contributed by atoms with Gasteiger partial charge in [-0.3, -0.25) is 4.79 Å². The van der Waals surface area contributed by atoms with Crippen molar-refractivity contribution in [2.24, 2.45) is 0 Å². The zero-order valence-electron chi connectivity index (χ0n) is 8.74. The Balaban J connectivity index is 2.54. The zero-order chi connectivity index (χ0) is 10.6. The zero-order valence-corrected chi connectivity index (χ0v) is 8.74. The summed E-state index contributed by atoms with van der Waals surface area (Å²) in [4.78, 5) is 10.5. The first kappa shape index (κ1) is 10.8. The molecule has 0 N–H and O–H groups in total. The van der Waals surface area contributed by atoms with Gasteiger partial charge in [0.2, 0.25) is 0 Å². The normalized spacial score (nSPS) is 12.5. The van der Waals surface area contributed by atoms with Crippen LogP contribution < -0.4 is 0 Å². The van der Waals surface area contributed by atoms with Gasteiger partial charge in [0.25, 0.3) is 0 Å². The molecule has 1 unspecified atom stereocenters. The van der Waals surface area contributed by atoms with Crippen LogP contribution in [0.1, 0.15) is 44.6 Å². The molecule has 4 heteroatoms. The van der Waals surface area contributed by atoms with Crippen LogP contribution >= 0.6 is 0 Å². The van der Waals surface area contributed by atoms with E-state index in [0.717, 1.165) is 12.1 Å². The third-order valence-electron chi connectivity index (χ3n) is 2.11. The molecule has 1 aromatic heterocycles. The highest BCUT2D eigenvalue weighted by Crippen LogP contribution is 2.18. The second kappa shape index (κ2) is 4.79. The summed E-state index contributed by atoms with van der Waals surface area (Å²) in [5, 5.41) is 3.90. The van der Waals surface area contributed by atoms with E-state index in [1.165, 1.54) is 6.92 Å². The average molecular weight is 197 g/mol. The quantitative estimate of drug-likeness (QED) is 0.694. The molecule has 1 heterocycles. The maximum absolute atomic E-state index is 10.5. The molecule has 1 aromatic rings. The van der Waals surface area contributed by atoms with E-state index in [1.807, 2.05) is 6.07 Å². The molecule has 0 fully saturated rings. The third-order valence-corrected chi connectivity index (χ3v) is 2.11. The maximum atomic E-state index is 10.5. The first-order chi connectivity index (χ1) is 6.63. The number of hydrogen-bond donors (Lipinski definition) is 0. The predicted molar refractivity (Wildman–Crippen MR) is 50.7 cm³/mol. The van der Waals surface area contributed by atoms with Crippen molar-refractivity contribution >= 4 is 5.97 Å². The molecular formula is C10H15NO3. The van der Waals surface area contributed by atoms with Crippen LogP contribution in [0.3, 0.4) is 0 Å². The van der Waals surface area contributed by atoms with Gasteiger partial charge in [-0.05, 0) is 6.42 Å². The first-order valence-electron chi connectivity index (χ1n) is 4.72. The Morgan fingerprint density at radius 2 is 2.43 bits per heavy atom. The van der Waals surface area contributed by atoms with Crippen LogP contribution in [0.15, 0.2) is 10.6 Å². The van der Waals surface area contributed by atoms with Gasteiger partial charge < -0.3 is 9.26 Å². The van der Waals surface area contributed by atoms with Crippen LogP contribution in [0.5, 0.6) is 0 Å². The van der Waals surface area contributed by atoms with Crippen molar-refractivity contribution in [1.82, 2.24) is 5.16 Å². The summed E-state index contributed by atoms with van der Waals surface area (Å²) >= 11 is 0. The molecule has 1 rings (SSSR count). The summed E-state index contributed by atoms with van der Waals surface area (Å²) in [5.41, 5.74) is 0.912. The molecule has 0 aromatic carbocycles. The van der Waals surface area contributed by atoms with Crippen LogP contribution in [0.25, 0.3) is 0 Å². The molecule has 0 saturated heterocycles. The Morgan fingerprint density at radius 3 is 3.00 bits per heavy atom. The molecule has 0 saturated carbocycles. The first-order valence-corrected chi connectivity index (χ1v) is 4.72. The highest BCUT2D eigenvalue weighted by Gasteiger charge is 2.10. The monoisotopic (exact) mass is 197 g/mol. The average Bonchev–Trinajstić information content (AvgIpc) is 2.62. The Labute approximate surface area is 83.2 Å². The highest BCUT2D eigenvalue weighted by atomic mass is 16.5. The topological polar surface area (TPSA) is 52.3 Å². The fourth-order valence-corrected chi connectivity index (χ4v) is 1.01. The van der Waals surface area contributed by atoms with E-state index >= 15 is 0 Å². The Morgan fingerprint density at radius 1 is 1.71 bits per heavy atom. The molecule has 4 nitrogen and oxygen atoms in total. The number of esters is 1. The van der Waals surface area contributed by atoms with Gasteiger partial charge in [-0.1, -0.05) is 19.0 Å². The predicted octanol–water partition coefficient (Wildman–Crippen LogP) is 2.25. The van der Waals surface area contributed by atoms with Crippen molar-refractivity contribution in [3.63, 3.8) is 0 Å². The lowest BCUT2D eigenvalue weighted by Gasteiger charge is -2.00. The van der Waals surface area contributed by atoms with E-state index in [1.54, 1.807) is 0 Å². The van der Waals surface area contributed by atoms with E-state index in [0.29, 0.717) is 11.7 Å². The minimum Gasteiger partial charge on any atom is -0.458 e. The maximum Gasteiger partial charge on any atom is 0.303 e. The minimum absolute atomic E-state index is 0.165. The molecule has 1 atom stereocenters. The largest absolute Gasteiger partial charge is 0.458 e. The molecule has 0 spiro atoms. The van der Waals surface area contributed by atoms with Crippen LogP contribution in [0, 0.1) is 0 Å². The number of nitrogens with zero attached hydrogens (tertiary/aromatic N) is 1. The van der Waals surface area contributed by atoms with Gasteiger partial charge in [0.05, 0.1) is 5.69 Å². The van der Waals surface area contributed by atoms with Gasteiger partial charge in [-0.2, -0.15) is 0 Å². The number of hydrogen-bond acceptors (Lipinski definition) is 4. The van der Waals surface area contributed by atoms with Crippen LogP contribution in [-0.2, 0) is 16.1 Å². The summed E-state index contributed by atoms with van der Waals surface area (Å²) < 4.78 is 9.79. The lowest BCUT2D eigenvalue weighted by atomic mass is 10.1. The molecule has 0 aliphatic rings. The molecule has 0 radical (unpaired) electrons. The van der Waals surface area contributed by atoms with Crippen molar-refractivity contribution < 1.29 is 14.1 Å². The van der Waals surface area contributed by atoms with Crippen LogP contribution in [0.2, 0.25) is 0 Å².